The van der Waals surface area contributed by atoms with E-state index in [0.29, 0.717) is 12.4 Å². The van der Waals surface area contributed by atoms with E-state index in [9.17, 15) is 4.79 Å². The third-order valence-electron chi connectivity index (χ3n) is 0.897. The normalized spacial score (nSPS) is 12.1. The number of azo groups is 1. The molecular formula is C7H13N3O. The molecule has 0 aliphatic rings. The third-order valence-corrected chi connectivity index (χ3v) is 0.897. The number of amides is 1. The van der Waals surface area contributed by atoms with Gasteiger partial charge in [0.05, 0.1) is 6.54 Å². The van der Waals surface area contributed by atoms with E-state index in [1.807, 2.05) is 6.92 Å². The van der Waals surface area contributed by atoms with Crippen LogP contribution < -0.4 is 5.32 Å². The fraction of sp³-hybridized carbons (Fsp3) is 0.571. The number of carbonyl (C=O) groups excluding carboxylic acids is 1. The Bertz CT molecular complexity index is 184. The van der Waals surface area contributed by atoms with Gasteiger partial charge in [-0.1, -0.05) is 0 Å². The van der Waals surface area contributed by atoms with Gasteiger partial charge in [0, 0.05) is 6.92 Å². The number of hydrogen-bond donors (Lipinski definition) is 1. The van der Waals surface area contributed by atoms with E-state index in [0.717, 1.165) is 0 Å². The summed E-state index contributed by atoms with van der Waals surface area (Å²) in [6.07, 6.45) is 1.69. The molecule has 0 aromatic carbocycles. The predicted molar refractivity (Wildman–Crippen MR) is 43.0 cm³/mol. The molecule has 0 atom stereocenters. The van der Waals surface area contributed by atoms with Crippen LogP contribution in [0.2, 0.25) is 0 Å². The van der Waals surface area contributed by atoms with Gasteiger partial charge in [-0.3, -0.25) is 4.79 Å². The van der Waals surface area contributed by atoms with Crippen molar-refractivity contribution in [3.63, 3.8) is 0 Å². The van der Waals surface area contributed by atoms with Gasteiger partial charge in [0.1, 0.15) is 5.82 Å². The van der Waals surface area contributed by atoms with Crippen molar-refractivity contribution < 1.29 is 4.79 Å². The van der Waals surface area contributed by atoms with Crippen molar-refractivity contribution in [3.05, 3.63) is 11.9 Å². The molecule has 0 unspecified atom stereocenters. The molecule has 0 heterocycles. The molecule has 0 aliphatic carbocycles. The van der Waals surface area contributed by atoms with Crippen molar-refractivity contribution in [2.75, 3.05) is 6.54 Å². The summed E-state index contributed by atoms with van der Waals surface area (Å²) in [6.45, 7) is 5.73. The van der Waals surface area contributed by atoms with Crippen LogP contribution >= 0.6 is 0 Å². The van der Waals surface area contributed by atoms with E-state index in [2.05, 4.69) is 15.5 Å². The van der Waals surface area contributed by atoms with Crippen LogP contribution in [0.3, 0.4) is 0 Å². The standard InChI is InChI=1S/C7H13N3O/c1-4-7(9-6(3)11)10-8-5-2/h4H,5H2,1-3H3,(H,9,11)/b7-4-,10-8?. The van der Waals surface area contributed by atoms with E-state index in [1.54, 1.807) is 13.0 Å². The topological polar surface area (TPSA) is 53.8 Å². The number of allylic oxidation sites excluding steroid dienone is 1. The van der Waals surface area contributed by atoms with E-state index in [1.165, 1.54) is 6.92 Å². The minimum absolute atomic E-state index is 0.131. The Hall–Kier alpha value is -1.19. The molecule has 1 amide bonds. The number of nitrogens with one attached hydrogen (secondary N) is 1. The Kier molecular flexibility index (Phi) is 4.98. The van der Waals surface area contributed by atoms with Gasteiger partial charge >= 0.3 is 0 Å². The zero-order valence-corrected chi connectivity index (χ0v) is 7.09. The summed E-state index contributed by atoms with van der Waals surface area (Å²) in [6, 6.07) is 0. The average molecular weight is 155 g/mol. The zero-order chi connectivity index (χ0) is 8.69. The van der Waals surface area contributed by atoms with Crippen LogP contribution in [-0.2, 0) is 4.79 Å². The lowest BCUT2D eigenvalue weighted by atomic mass is 10.6. The predicted octanol–water partition coefficient (Wildman–Crippen LogP) is 1.46. The first-order valence-electron chi connectivity index (χ1n) is 3.52. The summed E-state index contributed by atoms with van der Waals surface area (Å²) in [4.78, 5) is 10.5. The van der Waals surface area contributed by atoms with Crippen LogP contribution in [0, 0.1) is 0 Å². The molecule has 11 heavy (non-hydrogen) atoms. The van der Waals surface area contributed by atoms with Gasteiger partial charge in [-0.25, -0.2) is 0 Å². The largest absolute Gasteiger partial charge is 0.310 e. The van der Waals surface area contributed by atoms with Gasteiger partial charge in [0.25, 0.3) is 0 Å². The second kappa shape index (κ2) is 5.58. The average Bonchev–Trinajstić information content (AvgIpc) is 1.97. The Morgan fingerprint density at radius 1 is 1.64 bits per heavy atom. The molecule has 4 nitrogen and oxygen atoms in total. The number of nitrogens with zero attached hydrogens (tertiary/aromatic N) is 2. The van der Waals surface area contributed by atoms with Crippen LogP contribution in [0.25, 0.3) is 0 Å². The molecule has 0 rings (SSSR count). The molecular weight excluding hydrogens is 142 g/mol. The molecule has 1 N–H and O–H groups in total. The molecule has 62 valence electrons. The summed E-state index contributed by atoms with van der Waals surface area (Å²) in [5.41, 5.74) is 0. The fourth-order valence-corrected chi connectivity index (χ4v) is 0.482. The smallest absolute Gasteiger partial charge is 0.222 e. The SMILES string of the molecule is C/C=C(\N=NCC)NC(C)=O. The van der Waals surface area contributed by atoms with Crippen molar-refractivity contribution in [1.29, 1.82) is 0 Å². The zero-order valence-electron chi connectivity index (χ0n) is 7.09. The molecule has 0 aliphatic heterocycles. The fourth-order valence-electron chi connectivity index (χ4n) is 0.482. The van der Waals surface area contributed by atoms with Crippen LogP contribution in [0.4, 0.5) is 0 Å². The molecule has 0 aromatic heterocycles. The third kappa shape index (κ3) is 5.26. The first-order chi connectivity index (χ1) is 5.20. The van der Waals surface area contributed by atoms with E-state index < -0.39 is 0 Å². The van der Waals surface area contributed by atoms with E-state index in [4.69, 9.17) is 0 Å². The first kappa shape index (κ1) is 9.81. The summed E-state index contributed by atoms with van der Waals surface area (Å²) < 4.78 is 0. The maximum atomic E-state index is 10.5. The van der Waals surface area contributed by atoms with Gasteiger partial charge in [0.15, 0.2) is 0 Å². The second-order valence-corrected chi connectivity index (χ2v) is 1.91. The molecule has 0 fully saturated rings. The minimum atomic E-state index is -0.131. The Labute approximate surface area is 66.4 Å². The van der Waals surface area contributed by atoms with Crippen LogP contribution in [-0.4, -0.2) is 12.5 Å². The summed E-state index contributed by atoms with van der Waals surface area (Å²) >= 11 is 0. The van der Waals surface area contributed by atoms with Crippen LogP contribution in [0.15, 0.2) is 22.1 Å². The van der Waals surface area contributed by atoms with Crippen LogP contribution in [0.1, 0.15) is 20.8 Å². The Morgan fingerprint density at radius 3 is 2.64 bits per heavy atom. The van der Waals surface area contributed by atoms with Crippen molar-refractivity contribution in [3.8, 4) is 0 Å². The molecule has 0 spiro atoms. The number of rotatable bonds is 3. The highest BCUT2D eigenvalue weighted by Gasteiger charge is 1.93. The van der Waals surface area contributed by atoms with Gasteiger partial charge < -0.3 is 5.32 Å². The van der Waals surface area contributed by atoms with Crippen molar-refractivity contribution in [2.24, 2.45) is 10.2 Å². The molecule has 0 bridgehead atoms. The first-order valence-corrected chi connectivity index (χ1v) is 3.52. The van der Waals surface area contributed by atoms with E-state index >= 15 is 0 Å². The Balaban J connectivity index is 3.98. The van der Waals surface area contributed by atoms with Crippen molar-refractivity contribution >= 4 is 5.91 Å². The maximum absolute atomic E-state index is 10.5. The lowest BCUT2D eigenvalue weighted by molar-refractivity contribution is -0.118. The molecule has 0 saturated heterocycles. The number of hydrogen-bond acceptors (Lipinski definition) is 3. The van der Waals surface area contributed by atoms with Gasteiger partial charge in [0.2, 0.25) is 5.91 Å². The monoisotopic (exact) mass is 155 g/mol. The van der Waals surface area contributed by atoms with Gasteiger partial charge in [-0.15, -0.1) is 5.11 Å². The second-order valence-electron chi connectivity index (χ2n) is 1.91. The molecule has 0 radical (unpaired) electrons. The van der Waals surface area contributed by atoms with E-state index in [-0.39, 0.29) is 5.91 Å². The van der Waals surface area contributed by atoms with Crippen LogP contribution in [0.5, 0.6) is 0 Å². The minimum Gasteiger partial charge on any atom is -0.310 e. The molecule has 4 heteroatoms. The maximum Gasteiger partial charge on any atom is 0.222 e. The molecule has 0 aromatic rings. The highest BCUT2D eigenvalue weighted by molar-refractivity contribution is 5.74. The quantitative estimate of drug-likeness (QED) is 0.616. The summed E-state index contributed by atoms with van der Waals surface area (Å²) in [7, 11) is 0. The molecule has 0 saturated carbocycles. The van der Waals surface area contributed by atoms with Crippen molar-refractivity contribution in [2.45, 2.75) is 20.8 Å². The highest BCUT2D eigenvalue weighted by Crippen LogP contribution is 1.91. The number of carbonyl (C=O) groups is 1. The lowest BCUT2D eigenvalue weighted by Crippen LogP contribution is -2.17. The lowest BCUT2D eigenvalue weighted by Gasteiger charge is -1.97. The van der Waals surface area contributed by atoms with Gasteiger partial charge in [-0.2, -0.15) is 5.11 Å². The summed E-state index contributed by atoms with van der Waals surface area (Å²) in [5, 5.41) is 10.0. The summed E-state index contributed by atoms with van der Waals surface area (Å²) in [5.74, 6) is 0.368. The highest BCUT2D eigenvalue weighted by atomic mass is 16.1. The van der Waals surface area contributed by atoms with Crippen molar-refractivity contribution in [1.82, 2.24) is 5.32 Å². The Morgan fingerprint density at radius 2 is 2.27 bits per heavy atom. The van der Waals surface area contributed by atoms with Gasteiger partial charge in [-0.05, 0) is 19.9 Å².